The zero-order chi connectivity index (χ0) is 14.6. The first kappa shape index (κ1) is 15.4. The van der Waals surface area contributed by atoms with Gasteiger partial charge >= 0.3 is 0 Å². The smallest absolute Gasteiger partial charge is 0.248 e. The minimum Gasteiger partial charge on any atom is -0.313 e. The van der Waals surface area contributed by atoms with Crippen LogP contribution in [0.3, 0.4) is 0 Å². The molecule has 0 spiro atoms. The van der Waals surface area contributed by atoms with Crippen LogP contribution in [0.15, 0.2) is 24.4 Å². The van der Waals surface area contributed by atoms with Crippen molar-refractivity contribution < 1.29 is 8.78 Å². The van der Waals surface area contributed by atoms with Gasteiger partial charge in [0.1, 0.15) is 0 Å². The van der Waals surface area contributed by atoms with Gasteiger partial charge in [0.25, 0.3) is 0 Å². The highest BCUT2D eigenvalue weighted by Crippen LogP contribution is 2.39. The number of pyridine rings is 1. The lowest BCUT2D eigenvalue weighted by Gasteiger charge is -2.37. The normalized spacial score (nSPS) is 22.4. The summed E-state index contributed by atoms with van der Waals surface area (Å²) in [6.45, 7) is 5.06. The third-order valence-electron chi connectivity index (χ3n) is 4.40. The summed E-state index contributed by atoms with van der Waals surface area (Å²) in [5.74, 6) is -1.90. The third kappa shape index (κ3) is 3.75. The highest BCUT2D eigenvalue weighted by atomic mass is 19.3. The summed E-state index contributed by atoms with van der Waals surface area (Å²) >= 11 is 0. The molecule has 1 aromatic rings. The van der Waals surface area contributed by atoms with E-state index in [1.165, 1.54) is 0 Å². The Labute approximate surface area is 120 Å². The Balaban J connectivity index is 2.07. The highest BCUT2D eigenvalue weighted by Gasteiger charge is 2.39. The molecule has 0 aliphatic heterocycles. The van der Waals surface area contributed by atoms with Gasteiger partial charge in [-0.15, -0.1) is 0 Å². The largest absolute Gasteiger partial charge is 0.313 e. The quantitative estimate of drug-likeness (QED) is 0.883. The average Bonchev–Trinajstić information content (AvgIpc) is 2.45. The van der Waals surface area contributed by atoms with Crippen molar-refractivity contribution >= 4 is 0 Å². The number of nitrogens with zero attached hydrogens (tertiary/aromatic N) is 1. The summed E-state index contributed by atoms with van der Waals surface area (Å²) in [4.78, 5) is 4.42. The Bertz CT molecular complexity index is 398. The number of rotatable bonds is 5. The molecule has 0 bridgehead atoms. The Morgan fingerprint density at radius 2 is 2.05 bits per heavy atom. The zero-order valence-electron chi connectivity index (χ0n) is 12.3. The molecule has 0 radical (unpaired) electrons. The molecule has 1 heterocycles. The van der Waals surface area contributed by atoms with Gasteiger partial charge in [0.05, 0.1) is 0 Å². The van der Waals surface area contributed by atoms with Crippen LogP contribution in [0.4, 0.5) is 8.78 Å². The second kappa shape index (κ2) is 6.61. The zero-order valence-corrected chi connectivity index (χ0v) is 12.3. The van der Waals surface area contributed by atoms with Gasteiger partial charge in [0.2, 0.25) is 5.92 Å². The van der Waals surface area contributed by atoms with E-state index in [0.717, 1.165) is 12.2 Å². The maximum absolute atomic E-state index is 13.3. The van der Waals surface area contributed by atoms with E-state index in [9.17, 15) is 8.78 Å². The molecule has 1 saturated carbocycles. The third-order valence-corrected chi connectivity index (χ3v) is 4.40. The van der Waals surface area contributed by atoms with Gasteiger partial charge < -0.3 is 5.32 Å². The monoisotopic (exact) mass is 282 g/mol. The second-order valence-corrected chi connectivity index (χ2v) is 5.82. The number of halogens is 2. The number of alkyl halides is 2. The van der Waals surface area contributed by atoms with E-state index in [-0.39, 0.29) is 24.8 Å². The second-order valence-electron chi connectivity index (χ2n) is 5.82. The van der Waals surface area contributed by atoms with Gasteiger partial charge in [-0.25, -0.2) is 8.78 Å². The predicted molar refractivity (Wildman–Crippen MR) is 77.0 cm³/mol. The van der Waals surface area contributed by atoms with E-state index < -0.39 is 5.92 Å². The van der Waals surface area contributed by atoms with Crippen molar-refractivity contribution in [2.45, 2.75) is 57.4 Å². The van der Waals surface area contributed by atoms with Gasteiger partial charge in [-0.05, 0) is 37.4 Å². The van der Waals surface area contributed by atoms with E-state index in [0.29, 0.717) is 18.8 Å². The minimum absolute atomic E-state index is 0.0223. The lowest BCUT2D eigenvalue weighted by molar-refractivity contribution is -0.0504. The molecule has 1 N–H and O–H groups in total. The van der Waals surface area contributed by atoms with Crippen LogP contribution in [-0.4, -0.2) is 23.5 Å². The van der Waals surface area contributed by atoms with Gasteiger partial charge in [-0.1, -0.05) is 19.9 Å². The Morgan fingerprint density at radius 1 is 1.35 bits per heavy atom. The Morgan fingerprint density at radius 3 is 2.60 bits per heavy atom. The number of nitrogens with one attached hydrogen (secondary N) is 1. The standard InChI is InChI=1S/C16H24F2N2/c1-3-19-15(12(2)14-6-4-5-11-20-14)13-7-9-16(17,18)10-8-13/h4-6,11-13,15,19H,3,7-10H2,1-2H3. The van der Waals surface area contributed by atoms with E-state index in [4.69, 9.17) is 0 Å². The van der Waals surface area contributed by atoms with Crippen LogP contribution >= 0.6 is 0 Å². The van der Waals surface area contributed by atoms with Crippen LogP contribution in [0.2, 0.25) is 0 Å². The molecule has 0 amide bonds. The SMILES string of the molecule is CCNC(C1CCC(F)(F)CC1)C(C)c1ccccn1. The van der Waals surface area contributed by atoms with Crippen LogP contribution in [0.1, 0.15) is 51.1 Å². The van der Waals surface area contributed by atoms with Gasteiger partial charge in [0, 0.05) is 36.7 Å². The van der Waals surface area contributed by atoms with Crippen LogP contribution in [0, 0.1) is 5.92 Å². The summed E-state index contributed by atoms with van der Waals surface area (Å²) in [5, 5.41) is 3.49. The lowest BCUT2D eigenvalue weighted by atomic mass is 9.77. The van der Waals surface area contributed by atoms with Crippen LogP contribution in [-0.2, 0) is 0 Å². The molecule has 4 heteroatoms. The summed E-state index contributed by atoms with van der Waals surface area (Å²) in [5.41, 5.74) is 1.04. The maximum atomic E-state index is 13.3. The molecule has 0 aromatic carbocycles. The fraction of sp³-hybridized carbons (Fsp3) is 0.688. The number of hydrogen-bond donors (Lipinski definition) is 1. The van der Waals surface area contributed by atoms with E-state index in [2.05, 4.69) is 24.1 Å². The average molecular weight is 282 g/mol. The fourth-order valence-corrected chi connectivity index (χ4v) is 3.24. The molecule has 2 nitrogen and oxygen atoms in total. The highest BCUT2D eigenvalue weighted by molar-refractivity contribution is 5.12. The summed E-state index contributed by atoms with van der Waals surface area (Å²) in [6, 6.07) is 6.13. The molecule has 1 aliphatic carbocycles. The van der Waals surface area contributed by atoms with E-state index in [1.54, 1.807) is 6.20 Å². The molecule has 1 fully saturated rings. The molecule has 2 unspecified atom stereocenters. The Kier molecular flexibility index (Phi) is 5.08. The molecule has 0 saturated heterocycles. The molecule has 112 valence electrons. The van der Waals surface area contributed by atoms with Gasteiger partial charge in [-0.3, -0.25) is 4.98 Å². The first-order valence-electron chi connectivity index (χ1n) is 7.55. The maximum Gasteiger partial charge on any atom is 0.248 e. The van der Waals surface area contributed by atoms with Crippen LogP contribution in [0.5, 0.6) is 0 Å². The molecule has 2 atom stereocenters. The van der Waals surface area contributed by atoms with Gasteiger partial charge in [0.15, 0.2) is 0 Å². The van der Waals surface area contributed by atoms with Crippen molar-refractivity contribution in [2.24, 2.45) is 5.92 Å². The topological polar surface area (TPSA) is 24.9 Å². The number of aromatic nitrogens is 1. The molecular formula is C16H24F2N2. The molecular weight excluding hydrogens is 258 g/mol. The first-order valence-corrected chi connectivity index (χ1v) is 7.55. The first-order chi connectivity index (χ1) is 9.53. The molecule has 2 rings (SSSR count). The molecule has 20 heavy (non-hydrogen) atoms. The number of likely N-dealkylation sites (N-methyl/N-ethyl adjacent to an activating group) is 1. The fourth-order valence-electron chi connectivity index (χ4n) is 3.24. The van der Waals surface area contributed by atoms with Crippen molar-refractivity contribution in [3.8, 4) is 0 Å². The Hall–Kier alpha value is -1.03. The number of hydrogen-bond acceptors (Lipinski definition) is 2. The summed E-state index contributed by atoms with van der Waals surface area (Å²) in [6.07, 6.45) is 3.04. The van der Waals surface area contributed by atoms with E-state index >= 15 is 0 Å². The van der Waals surface area contributed by atoms with Crippen molar-refractivity contribution in [1.82, 2.24) is 10.3 Å². The van der Waals surface area contributed by atoms with E-state index in [1.807, 2.05) is 18.2 Å². The van der Waals surface area contributed by atoms with Crippen LogP contribution < -0.4 is 5.32 Å². The van der Waals surface area contributed by atoms with Crippen molar-refractivity contribution in [2.75, 3.05) is 6.54 Å². The van der Waals surface area contributed by atoms with Gasteiger partial charge in [-0.2, -0.15) is 0 Å². The lowest BCUT2D eigenvalue weighted by Crippen LogP contribution is -2.43. The van der Waals surface area contributed by atoms with Crippen molar-refractivity contribution in [3.05, 3.63) is 30.1 Å². The molecule has 1 aromatic heterocycles. The molecule has 1 aliphatic rings. The summed E-state index contributed by atoms with van der Waals surface area (Å²) in [7, 11) is 0. The van der Waals surface area contributed by atoms with Crippen molar-refractivity contribution in [1.29, 1.82) is 0 Å². The predicted octanol–water partition coefficient (Wildman–Crippen LogP) is 3.99. The van der Waals surface area contributed by atoms with Crippen LogP contribution in [0.25, 0.3) is 0 Å². The minimum atomic E-state index is -2.46. The summed E-state index contributed by atoms with van der Waals surface area (Å²) < 4.78 is 26.6. The van der Waals surface area contributed by atoms with Crippen molar-refractivity contribution in [3.63, 3.8) is 0 Å².